The Hall–Kier alpha value is -3.30. The van der Waals surface area contributed by atoms with E-state index in [9.17, 15) is 13.2 Å². The Morgan fingerprint density at radius 1 is 1.06 bits per heavy atom. The molecule has 0 saturated heterocycles. The maximum Gasteiger partial charge on any atom is 0.261 e. The van der Waals surface area contributed by atoms with Gasteiger partial charge < -0.3 is 14.5 Å². The number of amides is 1. The lowest BCUT2D eigenvalue weighted by Crippen LogP contribution is -2.34. The first kappa shape index (κ1) is 23.4. The molecule has 32 heavy (non-hydrogen) atoms. The molecule has 2 aromatic carbocycles. The lowest BCUT2D eigenvalue weighted by molar-refractivity contribution is 0.0939. The first-order valence-corrected chi connectivity index (χ1v) is 11.6. The predicted molar refractivity (Wildman–Crippen MR) is 122 cm³/mol. The molecule has 0 aliphatic carbocycles. The molecule has 0 aliphatic rings. The van der Waals surface area contributed by atoms with Crippen LogP contribution in [0.2, 0.25) is 0 Å². The van der Waals surface area contributed by atoms with Gasteiger partial charge in [-0.3, -0.25) is 14.4 Å². The van der Waals surface area contributed by atoms with Gasteiger partial charge in [-0.15, -0.1) is 0 Å². The number of carbonyl (C=O) groups is 1. The summed E-state index contributed by atoms with van der Waals surface area (Å²) >= 11 is 0. The van der Waals surface area contributed by atoms with Gasteiger partial charge in [-0.25, -0.2) is 8.42 Å². The van der Waals surface area contributed by atoms with Crippen molar-refractivity contribution < 1.29 is 22.4 Å². The van der Waals surface area contributed by atoms with Gasteiger partial charge >= 0.3 is 0 Å². The van der Waals surface area contributed by atoms with Crippen LogP contribution in [0, 0.1) is 0 Å². The molecular weight excluding hydrogens is 430 g/mol. The number of likely N-dealkylation sites (N-methyl/N-ethyl adjacent to an activating group) is 1. The second kappa shape index (κ2) is 10.3. The molecule has 2 N–H and O–H groups in total. The van der Waals surface area contributed by atoms with Gasteiger partial charge in [0.1, 0.15) is 11.5 Å². The highest BCUT2D eigenvalue weighted by Crippen LogP contribution is 2.21. The molecule has 0 aliphatic heterocycles. The van der Waals surface area contributed by atoms with Crippen LogP contribution >= 0.6 is 0 Å². The van der Waals surface area contributed by atoms with Gasteiger partial charge in [0.05, 0.1) is 23.8 Å². The molecule has 1 aromatic heterocycles. The number of benzene rings is 2. The van der Waals surface area contributed by atoms with Crippen LogP contribution in [-0.2, 0) is 10.0 Å². The Kier molecular flexibility index (Phi) is 7.55. The van der Waals surface area contributed by atoms with Gasteiger partial charge in [-0.05, 0) is 81.7 Å². The van der Waals surface area contributed by atoms with Gasteiger partial charge in [-0.2, -0.15) is 0 Å². The zero-order valence-corrected chi connectivity index (χ0v) is 19.1. The van der Waals surface area contributed by atoms with E-state index in [4.69, 9.17) is 9.15 Å². The van der Waals surface area contributed by atoms with Gasteiger partial charge in [0, 0.05) is 17.8 Å². The topological polar surface area (TPSA) is 101 Å². The second-order valence-electron chi connectivity index (χ2n) is 7.29. The summed E-state index contributed by atoms with van der Waals surface area (Å²) in [6.07, 6.45) is 1.59. The van der Waals surface area contributed by atoms with E-state index in [1.54, 1.807) is 36.6 Å². The maximum atomic E-state index is 12.7. The van der Waals surface area contributed by atoms with Crippen LogP contribution in [0.25, 0.3) is 0 Å². The molecule has 8 nitrogen and oxygen atoms in total. The smallest absolute Gasteiger partial charge is 0.261 e. The molecule has 1 heterocycles. The third kappa shape index (κ3) is 5.89. The van der Waals surface area contributed by atoms with Gasteiger partial charge in [-0.1, -0.05) is 0 Å². The number of hydrogen-bond acceptors (Lipinski definition) is 6. The Morgan fingerprint density at radius 3 is 2.31 bits per heavy atom. The average Bonchev–Trinajstić information content (AvgIpc) is 3.29. The van der Waals surface area contributed by atoms with Crippen molar-refractivity contribution in [2.45, 2.75) is 17.9 Å². The summed E-state index contributed by atoms with van der Waals surface area (Å²) in [4.78, 5) is 14.5. The van der Waals surface area contributed by atoms with Gasteiger partial charge in [0.25, 0.3) is 15.9 Å². The summed E-state index contributed by atoms with van der Waals surface area (Å²) in [5, 5.41) is 2.86. The Bertz CT molecular complexity index is 1110. The van der Waals surface area contributed by atoms with E-state index in [0.29, 0.717) is 30.2 Å². The fourth-order valence-corrected chi connectivity index (χ4v) is 4.15. The Balaban J connectivity index is 1.63. The molecule has 1 amide bonds. The predicted octanol–water partition coefficient (Wildman–Crippen LogP) is 3.51. The van der Waals surface area contributed by atoms with Gasteiger partial charge in [0.15, 0.2) is 0 Å². The van der Waals surface area contributed by atoms with Gasteiger partial charge in [0.2, 0.25) is 0 Å². The third-order valence-electron chi connectivity index (χ3n) is 4.80. The van der Waals surface area contributed by atoms with Crippen molar-refractivity contribution >= 4 is 21.6 Å². The molecule has 0 saturated carbocycles. The minimum absolute atomic E-state index is 0.0599. The standard InChI is InChI=1S/C23H27N3O5S/c1-4-30-19-11-9-18(10-12-19)25-32(28,29)20-13-7-17(8-14-20)23(27)24-16-21(26(2)3)22-6-5-15-31-22/h5-15,21,25H,4,16H2,1-3H3,(H,24,27)/t21-/m1/s1. The minimum Gasteiger partial charge on any atom is -0.494 e. The summed E-state index contributed by atoms with van der Waals surface area (Å²) in [6, 6.07) is 16.0. The normalized spacial score (nSPS) is 12.4. The SMILES string of the molecule is CCOc1ccc(NS(=O)(=O)c2ccc(C(=O)NC[C@H](c3ccco3)N(C)C)cc2)cc1. The zero-order chi connectivity index (χ0) is 23.1. The van der Waals surface area contributed by atoms with Crippen molar-refractivity contribution in [3.8, 4) is 5.75 Å². The van der Waals surface area contributed by atoms with Crippen LogP contribution in [0.15, 0.2) is 76.2 Å². The molecule has 0 spiro atoms. The van der Waals surface area contributed by atoms with Crippen molar-refractivity contribution in [3.05, 3.63) is 78.3 Å². The van der Waals surface area contributed by atoms with Crippen LogP contribution in [0.1, 0.15) is 29.1 Å². The number of rotatable bonds is 10. The van der Waals surface area contributed by atoms with Crippen LogP contribution in [0.5, 0.6) is 5.75 Å². The molecule has 0 unspecified atom stereocenters. The number of carbonyl (C=O) groups excluding carboxylic acids is 1. The largest absolute Gasteiger partial charge is 0.494 e. The summed E-state index contributed by atoms with van der Waals surface area (Å²) in [5.41, 5.74) is 0.782. The Morgan fingerprint density at radius 2 is 1.75 bits per heavy atom. The molecule has 0 fully saturated rings. The lowest BCUT2D eigenvalue weighted by Gasteiger charge is -2.22. The summed E-state index contributed by atoms with van der Waals surface area (Å²) < 4.78 is 38.6. The fourth-order valence-electron chi connectivity index (χ4n) is 3.10. The number of hydrogen-bond donors (Lipinski definition) is 2. The lowest BCUT2D eigenvalue weighted by atomic mass is 10.2. The van der Waals surface area contributed by atoms with Crippen LogP contribution in [0.3, 0.4) is 0 Å². The van der Waals surface area contributed by atoms with Crippen molar-refractivity contribution in [3.63, 3.8) is 0 Å². The van der Waals surface area contributed by atoms with Crippen molar-refractivity contribution in [2.24, 2.45) is 0 Å². The van der Waals surface area contributed by atoms with E-state index in [2.05, 4.69) is 10.0 Å². The number of sulfonamides is 1. The van der Waals surface area contributed by atoms with Crippen molar-refractivity contribution in [1.29, 1.82) is 0 Å². The van der Waals surface area contributed by atoms with E-state index >= 15 is 0 Å². The number of anilines is 1. The molecular formula is C23H27N3O5S. The number of ether oxygens (including phenoxy) is 1. The maximum absolute atomic E-state index is 12.7. The average molecular weight is 458 g/mol. The second-order valence-corrected chi connectivity index (χ2v) is 8.97. The first-order chi connectivity index (χ1) is 15.3. The summed E-state index contributed by atoms with van der Waals surface area (Å²) in [5.74, 6) is 1.11. The fraction of sp³-hybridized carbons (Fsp3) is 0.261. The number of nitrogens with zero attached hydrogens (tertiary/aromatic N) is 1. The highest BCUT2D eigenvalue weighted by molar-refractivity contribution is 7.92. The molecule has 0 bridgehead atoms. The number of furan rings is 1. The van der Waals surface area contributed by atoms with Crippen LogP contribution in [-0.4, -0.2) is 46.5 Å². The van der Waals surface area contributed by atoms with E-state index in [1.807, 2.05) is 32.0 Å². The molecule has 170 valence electrons. The zero-order valence-electron chi connectivity index (χ0n) is 18.2. The monoisotopic (exact) mass is 457 g/mol. The molecule has 1 atom stereocenters. The molecule has 0 radical (unpaired) electrons. The van der Waals surface area contributed by atoms with E-state index in [0.717, 1.165) is 5.76 Å². The quantitative estimate of drug-likeness (QED) is 0.483. The summed E-state index contributed by atoms with van der Waals surface area (Å²) in [7, 11) is 0.00926. The highest BCUT2D eigenvalue weighted by Gasteiger charge is 2.19. The van der Waals surface area contributed by atoms with E-state index in [-0.39, 0.29) is 16.8 Å². The molecule has 3 aromatic rings. The molecule has 9 heteroatoms. The first-order valence-electron chi connectivity index (χ1n) is 10.1. The van der Waals surface area contributed by atoms with Crippen molar-refractivity contribution in [2.75, 3.05) is 32.0 Å². The van der Waals surface area contributed by atoms with E-state index in [1.165, 1.54) is 24.3 Å². The summed E-state index contributed by atoms with van der Waals surface area (Å²) in [6.45, 7) is 2.75. The van der Waals surface area contributed by atoms with Crippen molar-refractivity contribution in [1.82, 2.24) is 10.2 Å². The third-order valence-corrected chi connectivity index (χ3v) is 6.19. The van der Waals surface area contributed by atoms with Crippen LogP contribution < -0.4 is 14.8 Å². The van der Waals surface area contributed by atoms with Crippen LogP contribution in [0.4, 0.5) is 5.69 Å². The molecule has 3 rings (SSSR count). The highest BCUT2D eigenvalue weighted by atomic mass is 32.2. The minimum atomic E-state index is -3.79. The number of nitrogens with one attached hydrogen (secondary N) is 2. The Labute approximate surface area is 188 Å². The van der Waals surface area contributed by atoms with E-state index < -0.39 is 10.0 Å².